The zero-order chi connectivity index (χ0) is 26.5. The third-order valence-corrected chi connectivity index (χ3v) is 6.95. The number of rotatable bonds is 28. The van der Waals surface area contributed by atoms with Crippen molar-refractivity contribution in [3.8, 4) is 0 Å². The van der Waals surface area contributed by atoms with Crippen LogP contribution in [0.15, 0.2) is 24.8 Å². The number of aliphatic carboxylic acids is 1. The highest BCUT2D eigenvalue weighted by Gasteiger charge is 2.21. The van der Waals surface area contributed by atoms with Crippen molar-refractivity contribution in [2.24, 2.45) is 5.92 Å². The van der Waals surface area contributed by atoms with Crippen molar-refractivity contribution in [3.63, 3.8) is 0 Å². The summed E-state index contributed by atoms with van der Waals surface area (Å²) in [5.41, 5.74) is 0. The monoisotopic (exact) mass is 506 g/mol. The van der Waals surface area contributed by atoms with Crippen LogP contribution in [-0.2, 0) is 14.3 Å². The molecule has 0 rings (SSSR count). The van der Waals surface area contributed by atoms with Crippen LogP contribution in [0.3, 0.4) is 0 Å². The van der Waals surface area contributed by atoms with Crippen LogP contribution < -0.4 is 0 Å². The maximum Gasteiger partial charge on any atom is 0.307 e. The normalized spacial score (nSPS) is 12.1. The van der Waals surface area contributed by atoms with Gasteiger partial charge in [0.2, 0.25) is 0 Å². The van der Waals surface area contributed by atoms with E-state index in [1.165, 1.54) is 128 Å². The van der Waals surface area contributed by atoms with Gasteiger partial charge in [-0.05, 0) is 25.7 Å². The van der Waals surface area contributed by atoms with E-state index in [9.17, 15) is 14.7 Å². The first-order valence-electron chi connectivity index (χ1n) is 15.3. The molecule has 0 radical (unpaired) electrons. The summed E-state index contributed by atoms with van der Waals surface area (Å²) < 4.78 is 4.89. The van der Waals surface area contributed by atoms with E-state index in [1.54, 1.807) is 0 Å². The Morgan fingerprint density at radius 1 is 0.694 bits per heavy atom. The molecule has 1 atom stereocenters. The smallest absolute Gasteiger partial charge is 0.307 e. The molecule has 0 spiro atoms. The Labute approximate surface area is 223 Å². The lowest BCUT2D eigenvalue weighted by atomic mass is 9.99. The second-order valence-corrected chi connectivity index (χ2v) is 10.4. The molecule has 1 N–H and O–H groups in total. The van der Waals surface area contributed by atoms with E-state index in [2.05, 4.69) is 25.7 Å². The minimum atomic E-state index is -0.933. The van der Waals surface area contributed by atoms with Crippen molar-refractivity contribution in [1.82, 2.24) is 0 Å². The lowest BCUT2D eigenvalue weighted by Crippen LogP contribution is -2.19. The molecular formula is C32H58O4. The Morgan fingerprint density at radius 2 is 1.11 bits per heavy atom. The second kappa shape index (κ2) is 28.0. The molecule has 0 bridgehead atoms. The highest BCUT2D eigenvalue weighted by molar-refractivity contribution is 5.78. The third kappa shape index (κ3) is 25.5. The molecule has 0 aliphatic heterocycles. The van der Waals surface area contributed by atoms with Crippen molar-refractivity contribution in [3.05, 3.63) is 24.8 Å². The molecule has 1 unspecified atom stereocenters. The quantitative estimate of drug-likeness (QED) is 0.0651. The van der Waals surface area contributed by atoms with E-state index < -0.39 is 17.9 Å². The first-order chi connectivity index (χ1) is 17.6. The van der Waals surface area contributed by atoms with Crippen LogP contribution in [0.1, 0.15) is 155 Å². The van der Waals surface area contributed by atoms with Gasteiger partial charge in [-0.1, -0.05) is 147 Å². The number of hydrogen-bond acceptors (Lipinski definition) is 3. The van der Waals surface area contributed by atoms with Crippen LogP contribution in [0.4, 0.5) is 0 Å². The number of carbonyl (C=O) groups excluding carboxylic acids is 1. The molecule has 4 heteroatoms. The number of carboxylic acid groups (broad SMARTS) is 1. The summed E-state index contributed by atoms with van der Waals surface area (Å²) in [6.07, 6.45) is 34.3. The van der Waals surface area contributed by atoms with Gasteiger partial charge in [0.25, 0.3) is 0 Å². The molecule has 0 amide bonds. The lowest BCUT2D eigenvalue weighted by molar-refractivity contribution is -0.151. The second-order valence-electron chi connectivity index (χ2n) is 10.4. The molecule has 4 nitrogen and oxygen atoms in total. The van der Waals surface area contributed by atoms with Crippen molar-refractivity contribution >= 4 is 11.9 Å². The van der Waals surface area contributed by atoms with Crippen LogP contribution in [0.5, 0.6) is 0 Å². The van der Waals surface area contributed by atoms with Crippen LogP contribution in [0.25, 0.3) is 0 Å². The Balaban J connectivity index is 3.38. The Morgan fingerprint density at radius 3 is 1.53 bits per heavy atom. The van der Waals surface area contributed by atoms with Gasteiger partial charge in [0.1, 0.15) is 6.61 Å². The van der Waals surface area contributed by atoms with Gasteiger partial charge in [0.05, 0.1) is 12.3 Å². The minimum Gasteiger partial charge on any atom is -0.481 e. The summed E-state index contributed by atoms with van der Waals surface area (Å²) in [6, 6.07) is 0. The van der Waals surface area contributed by atoms with Gasteiger partial charge in [0, 0.05) is 0 Å². The predicted octanol–water partition coefficient (Wildman–Crippen LogP) is 9.96. The summed E-state index contributed by atoms with van der Waals surface area (Å²) in [4.78, 5) is 22.9. The first kappa shape index (κ1) is 34.4. The molecule has 0 saturated carbocycles. The molecular weight excluding hydrogens is 448 g/mol. The number of allylic oxidation sites excluding steroid dienone is 2. The molecule has 0 aromatic heterocycles. The van der Waals surface area contributed by atoms with Crippen molar-refractivity contribution in [2.45, 2.75) is 155 Å². The van der Waals surface area contributed by atoms with Gasteiger partial charge in [0.15, 0.2) is 0 Å². The van der Waals surface area contributed by atoms with Gasteiger partial charge in [-0.25, -0.2) is 0 Å². The fourth-order valence-corrected chi connectivity index (χ4v) is 4.60. The number of ether oxygens (including phenoxy) is 1. The molecule has 0 fully saturated rings. The number of hydrogen-bond donors (Lipinski definition) is 1. The third-order valence-electron chi connectivity index (χ3n) is 6.95. The largest absolute Gasteiger partial charge is 0.481 e. The SMILES string of the molecule is C=CCOC(=O)CC(CC/C=C/CCCCCCCCCCCCCCCCCCCCC)C(=O)O. The lowest BCUT2D eigenvalue weighted by Gasteiger charge is -2.10. The average molecular weight is 507 g/mol. The molecule has 36 heavy (non-hydrogen) atoms. The van der Waals surface area contributed by atoms with Crippen molar-refractivity contribution in [2.75, 3.05) is 6.61 Å². The van der Waals surface area contributed by atoms with Crippen LogP contribution >= 0.6 is 0 Å². The number of unbranched alkanes of at least 4 members (excludes halogenated alkanes) is 19. The fraction of sp³-hybridized carbons (Fsp3) is 0.812. The minimum absolute atomic E-state index is 0.0731. The van der Waals surface area contributed by atoms with Crippen LogP contribution in [-0.4, -0.2) is 23.7 Å². The molecule has 0 saturated heterocycles. The zero-order valence-corrected chi connectivity index (χ0v) is 23.7. The predicted molar refractivity (Wildman–Crippen MR) is 153 cm³/mol. The Bertz CT molecular complexity index is 540. The maximum absolute atomic E-state index is 11.6. The van der Waals surface area contributed by atoms with E-state index in [0.717, 1.165) is 6.42 Å². The summed E-state index contributed by atoms with van der Waals surface area (Å²) >= 11 is 0. The summed E-state index contributed by atoms with van der Waals surface area (Å²) in [6.45, 7) is 5.89. The highest BCUT2D eigenvalue weighted by atomic mass is 16.5. The van der Waals surface area contributed by atoms with Gasteiger partial charge in [-0.3, -0.25) is 9.59 Å². The molecule has 0 aliphatic carbocycles. The Kier molecular flexibility index (Phi) is 26.8. The van der Waals surface area contributed by atoms with E-state index in [4.69, 9.17) is 4.74 Å². The van der Waals surface area contributed by atoms with E-state index in [-0.39, 0.29) is 13.0 Å². The topological polar surface area (TPSA) is 63.6 Å². The number of esters is 1. The Hall–Kier alpha value is -1.58. The highest BCUT2D eigenvalue weighted by Crippen LogP contribution is 2.16. The van der Waals surface area contributed by atoms with Gasteiger partial charge < -0.3 is 9.84 Å². The maximum atomic E-state index is 11.6. The van der Waals surface area contributed by atoms with Crippen LogP contribution in [0.2, 0.25) is 0 Å². The van der Waals surface area contributed by atoms with E-state index >= 15 is 0 Å². The molecule has 0 aromatic carbocycles. The first-order valence-corrected chi connectivity index (χ1v) is 15.3. The van der Waals surface area contributed by atoms with Gasteiger partial charge >= 0.3 is 11.9 Å². The summed E-state index contributed by atoms with van der Waals surface area (Å²) in [7, 11) is 0. The van der Waals surface area contributed by atoms with Gasteiger partial charge in [-0.15, -0.1) is 0 Å². The van der Waals surface area contributed by atoms with Crippen molar-refractivity contribution in [1.29, 1.82) is 0 Å². The molecule has 0 aromatic rings. The molecule has 0 aliphatic rings. The average Bonchev–Trinajstić information content (AvgIpc) is 2.87. The van der Waals surface area contributed by atoms with Crippen molar-refractivity contribution < 1.29 is 19.4 Å². The summed E-state index contributed by atoms with van der Waals surface area (Å²) in [5, 5.41) is 9.27. The summed E-state index contributed by atoms with van der Waals surface area (Å²) in [5.74, 6) is -2.08. The van der Waals surface area contributed by atoms with E-state index in [0.29, 0.717) is 12.8 Å². The zero-order valence-electron chi connectivity index (χ0n) is 23.7. The van der Waals surface area contributed by atoms with Gasteiger partial charge in [-0.2, -0.15) is 0 Å². The fourth-order valence-electron chi connectivity index (χ4n) is 4.60. The van der Waals surface area contributed by atoms with E-state index in [1.807, 2.05) is 0 Å². The standard InChI is InChI=1S/C32H58O4/c1-3-5-6-7-8-9-10-11-12-13-14-15-16-17-18-19-20-21-22-23-24-25-26-27-30(32(34)35)29-31(33)36-28-4-2/h4,24-25,30H,2-3,5-23,26-29H2,1H3,(H,34,35)/b25-24+. The number of carboxylic acids is 1. The molecule has 0 heterocycles. The van der Waals surface area contributed by atoms with Crippen LogP contribution in [0, 0.1) is 5.92 Å². The molecule has 210 valence electrons. The number of carbonyl (C=O) groups is 2.